The number of ether oxygens (including phenoxy) is 1. The molecule has 0 fully saturated rings. The molecule has 2 amide bonds. The van der Waals surface area contributed by atoms with Crippen molar-refractivity contribution in [2.24, 2.45) is 0 Å². The predicted molar refractivity (Wildman–Crippen MR) is 99.5 cm³/mol. The van der Waals surface area contributed by atoms with Crippen LogP contribution in [0.2, 0.25) is 0 Å². The highest BCUT2D eigenvalue weighted by molar-refractivity contribution is 5.81. The third-order valence-corrected chi connectivity index (χ3v) is 4.03. The lowest BCUT2D eigenvalue weighted by Gasteiger charge is -2.26. The Morgan fingerprint density at radius 2 is 1.59 bits per heavy atom. The van der Waals surface area contributed by atoms with E-state index in [9.17, 15) is 14.7 Å². The van der Waals surface area contributed by atoms with Gasteiger partial charge in [-0.05, 0) is 17.5 Å². The van der Waals surface area contributed by atoms with E-state index in [0.717, 1.165) is 16.2 Å². The zero-order valence-corrected chi connectivity index (χ0v) is 15.4. The zero-order chi connectivity index (χ0) is 19.6. The Balaban J connectivity index is 2.04. The third-order valence-electron chi connectivity index (χ3n) is 4.03. The molecule has 0 spiro atoms. The summed E-state index contributed by atoms with van der Waals surface area (Å²) in [5.41, 5.74) is 1.70. The number of hydrogen-bond donors (Lipinski definition) is 2. The number of rotatable bonds is 8. The van der Waals surface area contributed by atoms with Crippen LogP contribution in [0.15, 0.2) is 60.7 Å². The van der Waals surface area contributed by atoms with Crippen LogP contribution in [0.1, 0.15) is 11.1 Å². The normalized spacial score (nSPS) is 12.7. The molecule has 0 aromatic heterocycles. The van der Waals surface area contributed by atoms with Crippen LogP contribution in [0.5, 0.6) is 0 Å². The first-order valence-electron chi connectivity index (χ1n) is 8.52. The molecule has 0 bridgehead atoms. The van der Waals surface area contributed by atoms with Gasteiger partial charge in [-0.1, -0.05) is 60.7 Å². The lowest BCUT2D eigenvalue weighted by molar-refractivity contribution is -0.179. The highest BCUT2D eigenvalue weighted by Crippen LogP contribution is 2.09. The summed E-state index contributed by atoms with van der Waals surface area (Å²) in [6.07, 6.45) is -1.95. The van der Waals surface area contributed by atoms with E-state index < -0.39 is 24.1 Å². The van der Waals surface area contributed by atoms with Gasteiger partial charge < -0.3 is 15.2 Å². The molecule has 0 aliphatic heterocycles. The molecule has 2 atom stereocenters. The highest BCUT2D eigenvalue weighted by Gasteiger charge is 2.30. The van der Waals surface area contributed by atoms with Gasteiger partial charge in [0.25, 0.3) is 5.91 Å². The molecule has 0 radical (unpaired) electrons. The van der Waals surface area contributed by atoms with Crippen LogP contribution in [-0.4, -0.2) is 48.5 Å². The van der Waals surface area contributed by atoms with Gasteiger partial charge in [0.2, 0.25) is 0 Å². The number of nitrogens with one attached hydrogen (secondary N) is 1. The van der Waals surface area contributed by atoms with Gasteiger partial charge in [-0.2, -0.15) is 0 Å². The second-order valence-corrected chi connectivity index (χ2v) is 5.97. The average Bonchev–Trinajstić information content (AvgIpc) is 2.71. The number of carbonyl (C=O) groups excluding carboxylic acids is 2. The molecular formula is C20H24N2O5. The fourth-order valence-electron chi connectivity index (χ4n) is 2.47. The van der Waals surface area contributed by atoms with E-state index in [1.165, 1.54) is 14.2 Å². The van der Waals surface area contributed by atoms with E-state index in [0.29, 0.717) is 0 Å². The number of nitrogens with zero attached hydrogens (tertiary/aromatic N) is 1. The smallest absolute Gasteiger partial charge is 0.407 e. The van der Waals surface area contributed by atoms with Crippen molar-refractivity contribution in [3.8, 4) is 0 Å². The molecule has 2 rings (SSSR count). The Morgan fingerprint density at radius 1 is 1.04 bits per heavy atom. The summed E-state index contributed by atoms with van der Waals surface area (Å²) in [4.78, 5) is 29.2. The van der Waals surface area contributed by atoms with Gasteiger partial charge in [-0.25, -0.2) is 9.86 Å². The van der Waals surface area contributed by atoms with E-state index in [1.807, 2.05) is 60.7 Å². The topological polar surface area (TPSA) is 88.1 Å². The SMILES string of the molecule is CON(C)C(=O)C(O)C(Cc1ccccc1)NC(=O)OCc1ccccc1. The number of amides is 2. The van der Waals surface area contributed by atoms with Gasteiger partial charge in [-0.3, -0.25) is 9.63 Å². The van der Waals surface area contributed by atoms with Crippen molar-refractivity contribution in [2.75, 3.05) is 14.2 Å². The molecule has 0 saturated carbocycles. The first-order chi connectivity index (χ1) is 13.0. The fourth-order valence-corrected chi connectivity index (χ4v) is 2.47. The summed E-state index contributed by atoms with van der Waals surface area (Å²) in [6, 6.07) is 17.6. The van der Waals surface area contributed by atoms with Crippen molar-refractivity contribution >= 4 is 12.0 Å². The maximum absolute atomic E-state index is 12.2. The average molecular weight is 372 g/mol. The van der Waals surface area contributed by atoms with Crippen molar-refractivity contribution in [1.82, 2.24) is 10.4 Å². The minimum absolute atomic E-state index is 0.0900. The van der Waals surface area contributed by atoms with Crippen LogP contribution in [0.25, 0.3) is 0 Å². The van der Waals surface area contributed by atoms with E-state index in [4.69, 9.17) is 9.57 Å². The van der Waals surface area contributed by atoms with Crippen LogP contribution in [0, 0.1) is 0 Å². The number of likely N-dealkylation sites (N-methyl/N-ethyl adjacent to an activating group) is 1. The molecule has 0 saturated heterocycles. The standard InChI is InChI=1S/C20H24N2O5/c1-22(26-2)19(24)18(23)17(13-15-9-5-3-6-10-15)21-20(25)27-14-16-11-7-4-8-12-16/h3-12,17-18,23H,13-14H2,1-2H3,(H,21,25). The fraction of sp³-hybridized carbons (Fsp3) is 0.300. The summed E-state index contributed by atoms with van der Waals surface area (Å²) >= 11 is 0. The molecule has 27 heavy (non-hydrogen) atoms. The molecule has 0 aliphatic carbocycles. The zero-order valence-electron chi connectivity index (χ0n) is 15.4. The molecule has 2 aromatic rings. The van der Waals surface area contributed by atoms with Crippen molar-refractivity contribution in [1.29, 1.82) is 0 Å². The Kier molecular flexibility index (Phi) is 7.79. The minimum atomic E-state index is -1.49. The monoisotopic (exact) mass is 372 g/mol. The maximum Gasteiger partial charge on any atom is 0.407 e. The van der Waals surface area contributed by atoms with Gasteiger partial charge in [-0.15, -0.1) is 0 Å². The molecule has 7 nitrogen and oxygen atoms in total. The lowest BCUT2D eigenvalue weighted by Crippen LogP contribution is -2.51. The second-order valence-electron chi connectivity index (χ2n) is 5.97. The third kappa shape index (κ3) is 6.40. The van der Waals surface area contributed by atoms with Gasteiger partial charge >= 0.3 is 6.09 Å². The number of hydrogen-bond acceptors (Lipinski definition) is 5. The molecular weight excluding hydrogens is 348 g/mol. The first kappa shape index (κ1) is 20.4. The highest BCUT2D eigenvalue weighted by atomic mass is 16.7. The van der Waals surface area contributed by atoms with Crippen LogP contribution in [0.3, 0.4) is 0 Å². The molecule has 2 aromatic carbocycles. The molecule has 144 valence electrons. The molecule has 2 N–H and O–H groups in total. The number of aliphatic hydroxyl groups is 1. The summed E-state index contributed by atoms with van der Waals surface area (Å²) in [5.74, 6) is -0.665. The van der Waals surface area contributed by atoms with Crippen molar-refractivity contribution in [2.45, 2.75) is 25.2 Å². The Labute approximate surface area is 158 Å². The number of alkyl carbamates (subject to hydrolysis) is 1. The number of carbonyl (C=O) groups is 2. The van der Waals surface area contributed by atoms with Gasteiger partial charge in [0, 0.05) is 7.05 Å². The van der Waals surface area contributed by atoms with Crippen LogP contribution in [-0.2, 0) is 27.4 Å². The molecule has 2 unspecified atom stereocenters. The molecule has 0 aliphatic rings. The number of hydroxylamine groups is 2. The van der Waals surface area contributed by atoms with Gasteiger partial charge in [0.05, 0.1) is 13.2 Å². The van der Waals surface area contributed by atoms with E-state index >= 15 is 0 Å². The summed E-state index contributed by atoms with van der Waals surface area (Å²) in [6.45, 7) is 0.0900. The minimum Gasteiger partial charge on any atom is -0.445 e. The van der Waals surface area contributed by atoms with Crippen molar-refractivity contribution in [3.05, 3.63) is 71.8 Å². The summed E-state index contributed by atoms with van der Waals surface area (Å²) < 4.78 is 5.20. The number of benzene rings is 2. The lowest BCUT2D eigenvalue weighted by atomic mass is 10.0. The van der Waals surface area contributed by atoms with Crippen LogP contribution in [0.4, 0.5) is 4.79 Å². The predicted octanol–water partition coefficient (Wildman–Crippen LogP) is 1.90. The van der Waals surface area contributed by atoms with Crippen LogP contribution < -0.4 is 5.32 Å². The quantitative estimate of drug-likeness (QED) is 0.691. The molecule has 0 heterocycles. The number of aliphatic hydroxyl groups excluding tert-OH is 1. The Bertz CT molecular complexity index is 724. The largest absolute Gasteiger partial charge is 0.445 e. The Hall–Kier alpha value is -2.90. The summed E-state index contributed by atoms with van der Waals surface area (Å²) in [5, 5.41) is 13.9. The Morgan fingerprint density at radius 3 is 2.15 bits per heavy atom. The molecule has 7 heteroatoms. The first-order valence-corrected chi connectivity index (χ1v) is 8.52. The second kappa shape index (κ2) is 10.3. The van der Waals surface area contributed by atoms with E-state index in [-0.39, 0.29) is 13.0 Å². The maximum atomic E-state index is 12.2. The van der Waals surface area contributed by atoms with Gasteiger partial charge in [0.1, 0.15) is 6.61 Å². The van der Waals surface area contributed by atoms with Crippen molar-refractivity contribution in [3.63, 3.8) is 0 Å². The van der Waals surface area contributed by atoms with Gasteiger partial charge in [0.15, 0.2) is 6.10 Å². The van der Waals surface area contributed by atoms with Crippen molar-refractivity contribution < 1.29 is 24.3 Å². The summed E-state index contributed by atoms with van der Waals surface area (Å²) in [7, 11) is 2.71. The van der Waals surface area contributed by atoms with E-state index in [1.54, 1.807) is 0 Å². The van der Waals surface area contributed by atoms with Crippen LogP contribution >= 0.6 is 0 Å². The van der Waals surface area contributed by atoms with E-state index in [2.05, 4.69) is 5.32 Å².